The maximum atomic E-state index is 14.0. The standard InChI is InChI=1S/C42H55NO16/c1-8-42(52)16-27(31-20(35(42)41(51)53-7)13-21-32(37(31)49)38(50)34-25(46)10-9-24(45)33(34)36(21)48)57-29-14-22(43(5)6)39(18(3)55-29)59-30-15-26(47)40(19(4)56-30)58-28-12-11-23(44)17(2)54-28/h9-10,13,17-19,22-23,26-30,35,39-40,44-47,49,52H,8,11-12,14-16H2,1-7H3/t17-,18-,19-,22-,23+,26-,27-,28-,29-,30-,35-,39+,40+,42+/m0/s1. The van der Waals surface area contributed by atoms with Gasteiger partial charge in [0.15, 0.2) is 24.7 Å². The number of rotatable bonds is 9. The average Bonchev–Trinajstić information content (AvgIpc) is 3.17. The van der Waals surface area contributed by atoms with Crippen molar-refractivity contribution < 1.29 is 78.2 Å². The van der Waals surface area contributed by atoms with E-state index in [1.54, 1.807) is 27.7 Å². The van der Waals surface area contributed by atoms with E-state index in [4.69, 9.17) is 33.2 Å². The topological polar surface area (TPSA) is 240 Å². The first-order chi connectivity index (χ1) is 27.9. The molecule has 3 heterocycles. The fourth-order valence-electron chi connectivity index (χ4n) is 9.44. The molecule has 2 aromatic rings. The lowest BCUT2D eigenvalue weighted by Crippen LogP contribution is -2.58. The van der Waals surface area contributed by atoms with Gasteiger partial charge in [0.25, 0.3) is 0 Å². The number of aliphatic hydroxyl groups excluding tert-OH is 2. The average molecular weight is 830 g/mol. The van der Waals surface area contributed by atoms with Gasteiger partial charge in [-0.15, -0.1) is 0 Å². The molecule has 7 rings (SSSR count). The van der Waals surface area contributed by atoms with Crippen molar-refractivity contribution in [1.82, 2.24) is 4.90 Å². The van der Waals surface area contributed by atoms with E-state index in [0.29, 0.717) is 12.8 Å². The summed E-state index contributed by atoms with van der Waals surface area (Å²) in [5.74, 6) is -5.87. The molecule has 17 heteroatoms. The molecule has 0 unspecified atom stereocenters. The van der Waals surface area contributed by atoms with Gasteiger partial charge in [-0.1, -0.05) is 6.92 Å². The molecule has 0 amide bonds. The third kappa shape index (κ3) is 7.75. The van der Waals surface area contributed by atoms with Gasteiger partial charge in [-0.05, 0) is 71.5 Å². The van der Waals surface area contributed by atoms with Gasteiger partial charge in [-0.25, -0.2) is 0 Å². The molecule has 6 N–H and O–H groups in total. The molecular weight excluding hydrogens is 774 g/mol. The normalized spacial score (nSPS) is 37.1. The summed E-state index contributed by atoms with van der Waals surface area (Å²) in [5, 5.41) is 66.5. The van der Waals surface area contributed by atoms with E-state index < -0.39 is 131 Å². The van der Waals surface area contributed by atoms with E-state index in [0.717, 1.165) is 19.2 Å². The molecule has 3 saturated heterocycles. The molecule has 2 aromatic carbocycles. The molecule has 59 heavy (non-hydrogen) atoms. The van der Waals surface area contributed by atoms with Crippen LogP contribution in [0.3, 0.4) is 0 Å². The van der Waals surface area contributed by atoms with E-state index in [2.05, 4.69) is 0 Å². The lowest BCUT2D eigenvalue weighted by Gasteiger charge is -2.48. The smallest absolute Gasteiger partial charge is 0.316 e. The molecule has 17 nitrogen and oxygen atoms in total. The summed E-state index contributed by atoms with van der Waals surface area (Å²) in [7, 11) is 4.87. The Morgan fingerprint density at radius 3 is 2.00 bits per heavy atom. The maximum absolute atomic E-state index is 14.0. The molecule has 2 aliphatic carbocycles. The quantitative estimate of drug-likeness (QED) is 0.134. The highest BCUT2D eigenvalue weighted by Gasteiger charge is 2.54. The summed E-state index contributed by atoms with van der Waals surface area (Å²) in [5.41, 5.74) is -3.56. The van der Waals surface area contributed by atoms with Crippen molar-refractivity contribution in [3.63, 3.8) is 0 Å². The third-order valence-electron chi connectivity index (χ3n) is 12.7. The number of carbonyl (C=O) groups excluding carboxylic acids is 3. The Labute approximate surface area is 341 Å². The fourth-order valence-corrected chi connectivity index (χ4v) is 9.44. The van der Waals surface area contributed by atoms with Crippen LogP contribution < -0.4 is 0 Å². The first-order valence-electron chi connectivity index (χ1n) is 20.2. The van der Waals surface area contributed by atoms with Crippen molar-refractivity contribution in [3.05, 3.63) is 51.6 Å². The molecule has 0 bridgehead atoms. The van der Waals surface area contributed by atoms with E-state index in [1.165, 1.54) is 6.07 Å². The predicted octanol–water partition coefficient (Wildman–Crippen LogP) is 2.66. The number of hydrogen-bond donors (Lipinski definition) is 6. The third-order valence-corrected chi connectivity index (χ3v) is 12.7. The first-order valence-corrected chi connectivity index (χ1v) is 20.2. The van der Waals surface area contributed by atoms with Crippen molar-refractivity contribution in [2.24, 2.45) is 0 Å². The van der Waals surface area contributed by atoms with E-state index >= 15 is 0 Å². The van der Waals surface area contributed by atoms with Gasteiger partial charge in [0.05, 0.1) is 66.0 Å². The van der Waals surface area contributed by atoms with Gasteiger partial charge >= 0.3 is 5.97 Å². The number of nitrogens with zero attached hydrogens (tertiary/aromatic N) is 1. The summed E-state index contributed by atoms with van der Waals surface area (Å²) in [6.45, 7) is 7.01. The summed E-state index contributed by atoms with van der Waals surface area (Å²) >= 11 is 0. The summed E-state index contributed by atoms with van der Waals surface area (Å²) in [6.07, 6.45) is -6.87. The molecular formula is C42H55NO16. The molecule has 0 aromatic heterocycles. The highest BCUT2D eigenvalue weighted by Crippen LogP contribution is 2.54. The second-order valence-corrected chi connectivity index (χ2v) is 16.6. The zero-order chi connectivity index (χ0) is 42.8. The zero-order valence-corrected chi connectivity index (χ0v) is 34.2. The molecule has 0 spiro atoms. The number of benzene rings is 2. The predicted molar refractivity (Wildman–Crippen MR) is 204 cm³/mol. The lowest BCUT2D eigenvalue weighted by atomic mass is 9.67. The number of fused-ring (bicyclic) bond motifs is 3. The minimum atomic E-state index is -1.81. The summed E-state index contributed by atoms with van der Waals surface area (Å²) in [6, 6.07) is 3.03. The molecule has 0 saturated carbocycles. The summed E-state index contributed by atoms with van der Waals surface area (Å²) in [4.78, 5) is 43.2. The van der Waals surface area contributed by atoms with E-state index in [-0.39, 0.29) is 48.4 Å². The minimum absolute atomic E-state index is 0.00117. The molecule has 3 aliphatic heterocycles. The van der Waals surface area contributed by atoms with Crippen LogP contribution in [-0.2, 0) is 38.0 Å². The monoisotopic (exact) mass is 829 g/mol. The first kappa shape index (κ1) is 43.3. The van der Waals surface area contributed by atoms with Crippen molar-refractivity contribution >= 4 is 17.5 Å². The van der Waals surface area contributed by atoms with Gasteiger partial charge < -0.3 is 68.7 Å². The number of esters is 1. The van der Waals surface area contributed by atoms with Crippen LogP contribution in [0.5, 0.6) is 17.2 Å². The zero-order valence-electron chi connectivity index (χ0n) is 34.2. The number of aromatic hydroxyl groups is 3. The molecule has 324 valence electrons. The van der Waals surface area contributed by atoms with Crippen LogP contribution in [0, 0.1) is 0 Å². The molecule has 3 fully saturated rings. The highest BCUT2D eigenvalue weighted by molar-refractivity contribution is 6.31. The van der Waals surface area contributed by atoms with Crippen LogP contribution in [-0.4, -0.2) is 148 Å². The van der Waals surface area contributed by atoms with Gasteiger partial charge in [0.2, 0.25) is 5.78 Å². The van der Waals surface area contributed by atoms with Crippen LogP contribution >= 0.6 is 0 Å². The molecule has 0 radical (unpaired) electrons. The number of hydrogen-bond acceptors (Lipinski definition) is 17. The van der Waals surface area contributed by atoms with E-state index in [9.17, 15) is 45.0 Å². The van der Waals surface area contributed by atoms with Crippen LogP contribution in [0.15, 0.2) is 18.2 Å². The number of ether oxygens (including phenoxy) is 7. The maximum Gasteiger partial charge on any atom is 0.316 e. The van der Waals surface area contributed by atoms with Crippen LogP contribution in [0.25, 0.3) is 0 Å². The Morgan fingerprint density at radius 2 is 1.41 bits per heavy atom. The van der Waals surface area contributed by atoms with Gasteiger partial charge in [-0.3, -0.25) is 14.4 Å². The number of likely N-dealkylation sites (N-methyl/N-ethyl adjacent to an activating group) is 1. The largest absolute Gasteiger partial charge is 0.507 e. The van der Waals surface area contributed by atoms with Crippen molar-refractivity contribution in [3.8, 4) is 17.2 Å². The van der Waals surface area contributed by atoms with Crippen LogP contribution in [0.1, 0.15) is 121 Å². The van der Waals surface area contributed by atoms with Gasteiger partial charge in [0, 0.05) is 42.9 Å². The van der Waals surface area contributed by atoms with Crippen LogP contribution in [0.2, 0.25) is 0 Å². The Hall–Kier alpha value is -3.75. The van der Waals surface area contributed by atoms with Gasteiger partial charge in [0.1, 0.15) is 35.4 Å². The second kappa shape index (κ2) is 16.6. The number of aliphatic hydroxyl groups is 3. The minimum Gasteiger partial charge on any atom is -0.507 e. The highest BCUT2D eigenvalue weighted by atomic mass is 16.7. The Bertz CT molecular complexity index is 1940. The van der Waals surface area contributed by atoms with Crippen molar-refractivity contribution in [2.75, 3.05) is 21.2 Å². The number of phenols is 3. The van der Waals surface area contributed by atoms with Crippen molar-refractivity contribution in [1.29, 1.82) is 0 Å². The molecule has 5 aliphatic rings. The lowest BCUT2D eigenvalue weighted by molar-refractivity contribution is -0.328. The number of methoxy groups -OCH3 is 1. The van der Waals surface area contributed by atoms with Crippen molar-refractivity contribution in [2.45, 2.75) is 151 Å². The summed E-state index contributed by atoms with van der Waals surface area (Å²) < 4.78 is 42.7. The molecule has 14 atom stereocenters. The number of phenolic OH excluding ortho intramolecular Hbond substituents is 3. The number of ketones is 2. The Kier molecular flexibility index (Phi) is 12.2. The number of carbonyl (C=O) groups is 3. The Morgan fingerprint density at radius 1 is 0.814 bits per heavy atom. The fraction of sp³-hybridized carbons (Fsp3) is 0.643. The second-order valence-electron chi connectivity index (χ2n) is 16.6. The Balaban J connectivity index is 1.14. The SMILES string of the molecule is CC[C@@]1(O)C[C@H](O[C@H]2C[C@H](N(C)C)[C@H](O[C@H]3C[C@H](O)[C@H](O[C@H]4CC[C@@H](O)[C@H](C)O4)[C@H](C)O3)[C@H](C)O2)c2c(cc3c(c2O)C(=O)c2c(O)ccc(O)c2C3=O)[C@H]1C(=O)OC. The van der Waals surface area contributed by atoms with E-state index in [1.807, 2.05) is 19.0 Å². The van der Waals surface area contributed by atoms with Gasteiger partial charge in [-0.2, -0.15) is 0 Å². The van der Waals surface area contributed by atoms with Crippen LogP contribution in [0.4, 0.5) is 0 Å².